The molecule has 5 heteroatoms. The Morgan fingerprint density at radius 2 is 0.765 bits per heavy atom. The third kappa shape index (κ3) is 6.52. The summed E-state index contributed by atoms with van der Waals surface area (Å²) in [5.74, 6) is 0. The SMILES string of the molecule is C/C=C/O[Si](O/C=C/C)(O/C=C/C)O/C=C/C. The van der Waals surface area contributed by atoms with Crippen LogP contribution in [0.1, 0.15) is 27.7 Å². The van der Waals surface area contributed by atoms with Gasteiger partial charge in [0.05, 0.1) is 25.0 Å². The average molecular weight is 256 g/mol. The van der Waals surface area contributed by atoms with Crippen molar-refractivity contribution in [1.82, 2.24) is 0 Å². The Kier molecular flexibility index (Phi) is 8.68. The van der Waals surface area contributed by atoms with Gasteiger partial charge in [-0.15, -0.1) is 0 Å². The molecule has 0 atom stereocenters. The Labute approximate surface area is 104 Å². The van der Waals surface area contributed by atoms with E-state index in [1.807, 2.05) is 27.7 Å². The second-order valence-corrected chi connectivity index (χ2v) is 4.79. The summed E-state index contributed by atoms with van der Waals surface area (Å²) in [5, 5.41) is 0. The highest BCUT2D eigenvalue weighted by Crippen LogP contribution is 2.14. The van der Waals surface area contributed by atoms with Gasteiger partial charge in [0.2, 0.25) is 0 Å². The van der Waals surface area contributed by atoms with Crippen LogP contribution in [0.3, 0.4) is 0 Å². The van der Waals surface area contributed by atoms with Gasteiger partial charge >= 0.3 is 9.05 Å². The Balaban J connectivity index is 4.87. The summed E-state index contributed by atoms with van der Waals surface area (Å²) in [6, 6.07) is 0. The molecule has 0 unspecified atom stereocenters. The van der Waals surface area contributed by atoms with Crippen molar-refractivity contribution in [2.24, 2.45) is 0 Å². The molecule has 0 aromatic rings. The summed E-state index contributed by atoms with van der Waals surface area (Å²) in [7, 11) is -3.23. The minimum absolute atomic E-state index is 1.49. The number of hydrogen-bond acceptors (Lipinski definition) is 4. The van der Waals surface area contributed by atoms with Crippen molar-refractivity contribution in [2.45, 2.75) is 27.7 Å². The van der Waals surface area contributed by atoms with Gasteiger partial charge in [-0.05, 0) is 27.7 Å². The molecule has 0 heterocycles. The van der Waals surface area contributed by atoms with E-state index in [1.165, 1.54) is 25.0 Å². The third-order valence-corrected chi connectivity index (χ3v) is 3.09. The van der Waals surface area contributed by atoms with Crippen molar-refractivity contribution < 1.29 is 17.7 Å². The fourth-order valence-electron chi connectivity index (χ4n) is 0.772. The van der Waals surface area contributed by atoms with Gasteiger partial charge in [-0.25, -0.2) is 0 Å². The fourth-order valence-corrected chi connectivity index (χ4v) is 2.32. The average Bonchev–Trinajstić information content (AvgIpc) is 2.37. The molecule has 0 bridgehead atoms. The van der Waals surface area contributed by atoms with Gasteiger partial charge in [-0.2, -0.15) is 0 Å². The maximum Gasteiger partial charge on any atom is 0.964 e. The molecule has 0 aliphatic heterocycles. The molecule has 0 N–H and O–H groups in total. The Bertz CT molecular complexity index is 233. The molecular weight excluding hydrogens is 236 g/mol. The van der Waals surface area contributed by atoms with Gasteiger partial charge in [-0.3, -0.25) is 0 Å². The molecule has 0 fully saturated rings. The summed E-state index contributed by atoms with van der Waals surface area (Å²) in [6.07, 6.45) is 12.9. The first-order valence-corrected chi connectivity index (χ1v) is 7.04. The van der Waals surface area contributed by atoms with Crippen LogP contribution in [-0.2, 0) is 17.7 Å². The lowest BCUT2D eigenvalue weighted by Crippen LogP contribution is -2.44. The summed E-state index contributed by atoms with van der Waals surface area (Å²) in [5.41, 5.74) is 0. The van der Waals surface area contributed by atoms with Gasteiger partial charge in [0.1, 0.15) is 0 Å². The van der Waals surface area contributed by atoms with E-state index in [0.29, 0.717) is 0 Å². The summed E-state index contributed by atoms with van der Waals surface area (Å²) >= 11 is 0. The van der Waals surface area contributed by atoms with Crippen LogP contribution >= 0.6 is 0 Å². The molecule has 0 aromatic carbocycles. The molecule has 0 radical (unpaired) electrons. The highest BCUT2D eigenvalue weighted by atomic mass is 28.4. The summed E-state index contributed by atoms with van der Waals surface area (Å²) in [4.78, 5) is 0. The van der Waals surface area contributed by atoms with Gasteiger partial charge in [0.25, 0.3) is 0 Å². The topological polar surface area (TPSA) is 36.9 Å². The molecule has 0 aliphatic rings. The molecule has 0 spiro atoms. The Morgan fingerprint density at radius 3 is 0.941 bits per heavy atom. The standard InChI is InChI=1S/C12H20O4Si/c1-5-9-13-17(14-10-6-2,15-11-7-3)16-12-8-4/h5-12H,1-4H3/b9-5+,10-6+,11-7+,12-8+. The number of allylic oxidation sites excluding steroid dienone is 4. The first-order chi connectivity index (χ1) is 8.24. The molecule has 0 aromatic heterocycles. The van der Waals surface area contributed by atoms with Gasteiger partial charge in [-0.1, -0.05) is 24.3 Å². The normalized spacial score (nSPS) is 12.9. The van der Waals surface area contributed by atoms with Gasteiger partial charge < -0.3 is 17.7 Å². The maximum atomic E-state index is 5.42. The molecular formula is C12H20O4Si. The van der Waals surface area contributed by atoms with Crippen LogP contribution in [0.15, 0.2) is 49.4 Å². The molecule has 4 nitrogen and oxygen atoms in total. The smallest absolute Gasteiger partial charge is 0.459 e. The molecule has 17 heavy (non-hydrogen) atoms. The molecule has 0 rings (SSSR count). The Hall–Kier alpha value is -1.62. The van der Waals surface area contributed by atoms with Crippen molar-refractivity contribution in [3.63, 3.8) is 0 Å². The summed E-state index contributed by atoms with van der Waals surface area (Å²) < 4.78 is 21.7. The lowest BCUT2D eigenvalue weighted by Gasteiger charge is -2.22. The third-order valence-electron chi connectivity index (χ3n) is 1.39. The van der Waals surface area contributed by atoms with Gasteiger partial charge in [0, 0.05) is 0 Å². The van der Waals surface area contributed by atoms with E-state index in [-0.39, 0.29) is 0 Å². The lowest BCUT2D eigenvalue weighted by molar-refractivity contribution is 0.0768. The van der Waals surface area contributed by atoms with E-state index in [0.717, 1.165) is 0 Å². The van der Waals surface area contributed by atoms with Crippen LogP contribution < -0.4 is 0 Å². The zero-order chi connectivity index (χ0) is 13.0. The molecule has 0 amide bonds. The van der Waals surface area contributed by atoms with Crippen LogP contribution in [-0.4, -0.2) is 9.05 Å². The van der Waals surface area contributed by atoms with E-state index in [4.69, 9.17) is 17.7 Å². The Morgan fingerprint density at radius 1 is 0.529 bits per heavy atom. The number of rotatable bonds is 8. The predicted molar refractivity (Wildman–Crippen MR) is 69.4 cm³/mol. The van der Waals surface area contributed by atoms with Crippen molar-refractivity contribution >= 4 is 9.05 Å². The van der Waals surface area contributed by atoms with Crippen LogP contribution in [0, 0.1) is 0 Å². The zero-order valence-electron chi connectivity index (χ0n) is 10.8. The largest absolute Gasteiger partial charge is 0.964 e. The van der Waals surface area contributed by atoms with E-state index < -0.39 is 9.05 Å². The fraction of sp³-hybridized carbons (Fsp3) is 0.333. The molecule has 0 saturated heterocycles. The minimum Gasteiger partial charge on any atom is -0.459 e. The lowest BCUT2D eigenvalue weighted by atomic mass is 10.7. The minimum atomic E-state index is -3.23. The van der Waals surface area contributed by atoms with Crippen molar-refractivity contribution in [3.8, 4) is 0 Å². The van der Waals surface area contributed by atoms with E-state index in [1.54, 1.807) is 24.3 Å². The van der Waals surface area contributed by atoms with Crippen molar-refractivity contribution in [1.29, 1.82) is 0 Å². The molecule has 0 aliphatic carbocycles. The quantitative estimate of drug-likeness (QED) is 0.491. The maximum absolute atomic E-state index is 5.42. The van der Waals surface area contributed by atoms with E-state index >= 15 is 0 Å². The van der Waals surface area contributed by atoms with Gasteiger partial charge in [0.15, 0.2) is 0 Å². The summed E-state index contributed by atoms with van der Waals surface area (Å²) in [6.45, 7) is 7.33. The number of hydrogen-bond donors (Lipinski definition) is 0. The second kappa shape index (κ2) is 9.59. The van der Waals surface area contributed by atoms with Crippen LogP contribution in [0.5, 0.6) is 0 Å². The second-order valence-electron chi connectivity index (χ2n) is 2.85. The van der Waals surface area contributed by atoms with Crippen LogP contribution in [0.25, 0.3) is 0 Å². The van der Waals surface area contributed by atoms with E-state index in [9.17, 15) is 0 Å². The molecule has 96 valence electrons. The molecule has 0 saturated carbocycles. The highest BCUT2D eigenvalue weighted by molar-refractivity contribution is 6.54. The van der Waals surface area contributed by atoms with Crippen LogP contribution in [0.4, 0.5) is 0 Å². The van der Waals surface area contributed by atoms with Crippen molar-refractivity contribution in [3.05, 3.63) is 49.4 Å². The zero-order valence-corrected chi connectivity index (χ0v) is 11.8. The van der Waals surface area contributed by atoms with Crippen LogP contribution in [0.2, 0.25) is 0 Å². The first kappa shape index (κ1) is 15.4. The first-order valence-electron chi connectivity index (χ1n) is 5.40. The monoisotopic (exact) mass is 256 g/mol. The predicted octanol–water partition coefficient (Wildman–Crippen LogP) is 3.62. The highest BCUT2D eigenvalue weighted by Gasteiger charge is 2.54. The van der Waals surface area contributed by atoms with E-state index in [2.05, 4.69) is 0 Å². The van der Waals surface area contributed by atoms with Crippen molar-refractivity contribution in [2.75, 3.05) is 0 Å².